The number of ether oxygens (including phenoxy) is 2. The Labute approximate surface area is 191 Å². The van der Waals surface area contributed by atoms with E-state index in [9.17, 15) is 4.79 Å². The van der Waals surface area contributed by atoms with Gasteiger partial charge < -0.3 is 14.8 Å². The second-order valence-electron chi connectivity index (χ2n) is 7.51. The van der Waals surface area contributed by atoms with E-state index in [1.165, 1.54) is 0 Å². The predicted octanol–water partition coefficient (Wildman–Crippen LogP) is 5.25. The molecule has 1 atom stereocenters. The van der Waals surface area contributed by atoms with Gasteiger partial charge in [0, 0.05) is 16.0 Å². The lowest BCUT2D eigenvalue weighted by Crippen LogP contribution is -2.26. The minimum absolute atomic E-state index is 0.159. The highest BCUT2D eigenvalue weighted by Gasteiger charge is 2.15. The fourth-order valence-electron chi connectivity index (χ4n) is 3.59. The number of hydrogen-bond acceptors (Lipinski definition) is 4. The number of fused-ring (bicyclic) bond motifs is 1. The summed E-state index contributed by atoms with van der Waals surface area (Å²) >= 11 is 5.98. The molecule has 0 aliphatic carbocycles. The van der Waals surface area contributed by atoms with Crippen LogP contribution in [0, 0.1) is 0 Å². The number of rotatable bonds is 7. The largest absolute Gasteiger partial charge is 0.493 e. The molecular formula is C25H24ClN3O3. The number of carbonyl (C=O) groups excluding carboxylic acids is 1. The summed E-state index contributed by atoms with van der Waals surface area (Å²) in [6.07, 6.45) is 1.80. The van der Waals surface area contributed by atoms with Crippen molar-refractivity contribution in [3.63, 3.8) is 0 Å². The van der Waals surface area contributed by atoms with Crippen LogP contribution >= 0.6 is 11.6 Å². The third-order valence-corrected chi connectivity index (χ3v) is 5.66. The number of carbonyl (C=O) groups is 1. The molecule has 164 valence electrons. The first-order valence-electron chi connectivity index (χ1n) is 10.2. The molecule has 32 heavy (non-hydrogen) atoms. The Hall–Kier alpha value is -3.51. The Kier molecular flexibility index (Phi) is 6.32. The zero-order valence-corrected chi connectivity index (χ0v) is 18.9. The molecule has 7 heteroatoms. The topological polar surface area (TPSA) is 65.4 Å². The van der Waals surface area contributed by atoms with Crippen molar-refractivity contribution in [2.75, 3.05) is 14.2 Å². The van der Waals surface area contributed by atoms with Crippen molar-refractivity contribution in [1.29, 1.82) is 0 Å². The smallest absolute Gasteiger partial charge is 0.251 e. The van der Waals surface area contributed by atoms with E-state index in [4.69, 9.17) is 21.1 Å². The standard InChI is InChI=1S/C25H24ClN3O3/c1-16(18-8-11-23(31-2)24(13-18)32-3)28-25(30)19-6-7-20-14-27-29(22(20)12-19)15-17-4-9-21(26)10-5-17/h4-14,16H,15H2,1-3H3,(H,28,30). The lowest BCUT2D eigenvalue weighted by atomic mass is 10.1. The van der Waals surface area contributed by atoms with E-state index < -0.39 is 0 Å². The molecule has 3 aromatic carbocycles. The number of nitrogens with one attached hydrogen (secondary N) is 1. The molecule has 0 fully saturated rings. The van der Waals surface area contributed by atoms with Gasteiger partial charge in [-0.25, -0.2) is 0 Å². The molecule has 0 saturated heterocycles. The van der Waals surface area contributed by atoms with Crippen molar-refractivity contribution < 1.29 is 14.3 Å². The van der Waals surface area contributed by atoms with Crippen LogP contribution in [0.5, 0.6) is 11.5 Å². The molecule has 4 aromatic rings. The van der Waals surface area contributed by atoms with Gasteiger partial charge in [0.2, 0.25) is 0 Å². The molecule has 0 radical (unpaired) electrons. The highest BCUT2D eigenvalue weighted by Crippen LogP contribution is 2.30. The van der Waals surface area contributed by atoms with Gasteiger partial charge >= 0.3 is 0 Å². The SMILES string of the molecule is COc1ccc(C(C)NC(=O)c2ccc3cnn(Cc4ccc(Cl)cc4)c3c2)cc1OC. The van der Waals surface area contributed by atoms with E-state index in [0.29, 0.717) is 28.6 Å². The van der Waals surface area contributed by atoms with Gasteiger partial charge in [-0.05, 0) is 54.4 Å². The zero-order chi connectivity index (χ0) is 22.7. The summed E-state index contributed by atoms with van der Waals surface area (Å²) in [5, 5.41) is 9.21. The summed E-state index contributed by atoms with van der Waals surface area (Å²) in [5.41, 5.74) is 3.47. The molecule has 4 rings (SSSR count). The second-order valence-corrected chi connectivity index (χ2v) is 7.95. The molecule has 0 aliphatic rings. The molecule has 1 heterocycles. The third kappa shape index (κ3) is 4.55. The van der Waals surface area contributed by atoms with Gasteiger partial charge in [0.15, 0.2) is 11.5 Å². The predicted molar refractivity (Wildman–Crippen MR) is 126 cm³/mol. The summed E-state index contributed by atoms with van der Waals surface area (Å²) < 4.78 is 12.5. The first-order chi connectivity index (χ1) is 15.5. The lowest BCUT2D eigenvalue weighted by Gasteiger charge is -2.17. The number of aromatic nitrogens is 2. The minimum Gasteiger partial charge on any atom is -0.493 e. The van der Waals surface area contributed by atoms with Crippen molar-refractivity contribution in [3.8, 4) is 11.5 Å². The summed E-state index contributed by atoms with van der Waals surface area (Å²) in [6, 6.07) is 18.7. The molecule has 0 aliphatic heterocycles. The van der Waals surface area contributed by atoms with Crippen molar-refractivity contribution in [1.82, 2.24) is 15.1 Å². The highest BCUT2D eigenvalue weighted by atomic mass is 35.5. The maximum absolute atomic E-state index is 13.0. The third-order valence-electron chi connectivity index (χ3n) is 5.41. The molecule has 1 aromatic heterocycles. The molecule has 1 N–H and O–H groups in total. The Morgan fingerprint density at radius 2 is 1.78 bits per heavy atom. The van der Waals surface area contributed by atoms with Crippen molar-refractivity contribution >= 4 is 28.4 Å². The van der Waals surface area contributed by atoms with Crippen LogP contribution in [0.3, 0.4) is 0 Å². The van der Waals surface area contributed by atoms with Crippen LogP contribution in [-0.2, 0) is 6.54 Å². The van der Waals surface area contributed by atoms with E-state index in [1.807, 2.05) is 72.3 Å². The first kappa shape index (κ1) is 21.7. The molecule has 1 amide bonds. The van der Waals surface area contributed by atoms with E-state index in [2.05, 4.69) is 10.4 Å². The molecule has 0 saturated carbocycles. The minimum atomic E-state index is -0.211. The zero-order valence-electron chi connectivity index (χ0n) is 18.1. The van der Waals surface area contributed by atoms with Gasteiger partial charge in [-0.15, -0.1) is 0 Å². The van der Waals surface area contributed by atoms with Crippen molar-refractivity contribution in [2.45, 2.75) is 19.5 Å². The number of halogens is 1. The Morgan fingerprint density at radius 1 is 1.03 bits per heavy atom. The monoisotopic (exact) mass is 449 g/mol. The molecular weight excluding hydrogens is 426 g/mol. The average molecular weight is 450 g/mol. The number of methoxy groups -OCH3 is 2. The Morgan fingerprint density at radius 3 is 2.50 bits per heavy atom. The summed E-state index contributed by atoms with van der Waals surface area (Å²) in [5.74, 6) is 1.11. The van der Waals surface area contributed by atoms with Crippen LogP contribution < -0.4 is 14.8 Å². The maximum atomic E-state index is 13.0. The van der Waals surface area contributed by atoms with Crippen LogP contribution in [-0.4, -0.2) is 29.9 Å². The normalized spacial score (nSPS) is 11.9. The lowest BCUT2D eigenvalue weighted by molar-refractivity contribution is 0.0940. The number of hydrogen-bond donors (Lipinski definition) is 1. The number of benzene rings is 3. The van der Waals surface area contributed by atoms with Crippen molar-refractivity contribution in [2.24, 2.45) is 0 Å². The summed E-state index contributed by atoms with van der Waals surface area (Å²) in [6.45, 7) is 2.52. The van der Waals surface area contributed by atoms with Crippen LogP contribution in [0.1, 0.15) is 34.5 Å². The Balaban J connectivity index is 1.54. The van der Waals surface area contributed by atoms with E-state index >= 15 is 0 Å². The van der Waals surface area contributed by atoms with Gasteiger partial charge in [0.1, 0.15) is 0 Å². The summed E-state index contributed by atoms with van der Waals surface area (Å²) in [7, 11) is 3.18. The molecule has 0 bridgehead atoms. The van der Waals surface area contributed by atoms with E-state index in [1.54, 1.807) is 20.4 Å². The van der Waals surface area contributed by atoms with E-state index in [-0.39, 0.29) is 11.9 Å². The Bertz CT molecular complexity index is 1250. The van der Waals surface area contributed by atoms with Gasteiger partial charge in [0.05, 0.1) is 38.5 Å². The van der Waals surface area contributed by atoms with Gasteiger partial charge in [0.25, 0.3) is 5.91 Å². The molecule has 0 spiro atoms. The molecule has 6 nitrogen and oxygen atoms in total. The van der Waals surface area contributed by atoms with Gasteiger partial charge in [-0.1, -0.05) is 35.9 Å². The first-order valence-corrected chi connectivity index (χ1v) is 10.6. The maximum Gasteiger partial charge on any atom is 0.251 e. The molecule has 1 unspecified atom stereocenters. The second kappa shape index (κ2) is 9.32. The van der Waals surface area contributed by atoms with Crippen LogP contribution in [0.25, 0.3) is 10.9 Å². The van der Waals surface area contributed by atoms with Gasteiger partial charge in [-0.2, -0.15) is 5.10 Å². The fraction of sp³-hybridized carbons (Fsp3) is 0.200. The number of amides is 1. The quantitative estimate of drug-likeness (QED) is 0.418. The van der Waals surface area contributed by atoms with Crippen LogP contribution in [0.4, 0.5) is 0 Å². The van der Waals surface area contributed by atoms with E-state index in [0.717, 1.165) is 22.0 Å². The highest BCUT2D eigenvalue weighted by molar-refractivity contribution is 6.30. The van der Waals surface area contributed by atoms with Crippen LogP contribution in [0.2, 0.25) is 5.02 Å². The van der Waals surface area contributed by atoms with Crippen molar-refractivity contribution in [3.05, 3.63) is 88.6 Å². The number of nitrogens with zero attached hydrogens (tertiary/aromatic N) is 2. The average Bonchev–Trinajstić information content (AvgIpc) is 3.21. The van der Waals surface area contributed by atoms with Crippen LogP contribution in [0.15, 0.2) is 66.9 Å². The van der Waals surface area contributed by atoms with Gasteiger partial charge in [-0.3, -0.25) is 9.48 Å². The summed E-state index contributed by atoms with van der Waals surface area (Å²) in [4.78, 5) is 13.0. The fourth-order valence-corrected chi connectivity index (χ4v) is 3.71.